The van der Waals surface area contributed by atoms with Crippen LogP contribution in [0, 0.1) is 5.82 Å². The fraction of sp³-hybridized carbons (Fsp3) is 0.259. The van der Waals surface area contributed by atoms with Gasteiger partial charge in [0.05, 0.1) is 29.6 Å². The molecule has 2 aromatic heterocycles. The van der Waals surface area contributed by atoms with Crippen molar-refractivity contribution in [3.63, 3.8) is 0 Å². The number of nitrogens with two attached hydrogens (primary N) is 1. The summed E-state index contributed by atoms with van der Waals surface area (Å²) in [6.45, 7) is -0.196. The third-order valence-electron chi connectivity index (χ3n) is 7.12. The largest absolute Gasteiger partial charge is 0.489 e. The van der Waals surface area contributed by atoms with Crippen LogP contribution in [-0.2, 0) is 22.9 Å². The molecule has 3 heterocycles. The molecule has 0 bridgehead atoms. The molecule has 2 atom stereocenters. The number of aromatic nitrogens is 3. The maximum absolute atomic E-state index is 14.5. The number of fused-ring (bicyclic) bond motifs is 2. The van der Waals surface area contributed by atoms with E-state index in [-0.39, 0.29) is 34.7 Å². The normalized spacial score (nSPS) is 18.2. The molecule has 208 valence electrons. The van der Waals surface area contributed by atoms with Gasteiger partial charge in [0, 0.05) is 23.7 Å². The van der Waals surface area contributed by atoms with Crippen LogP contribution in [0.25, 0.3) is 22.3 Å². The minimum atomic E-state index is -5.32. The fourth-order valence-electron chi connectivity index (χ4n) is 4.52. The molecule has 0 saturated carbocycles. The minimum absolute atomic E-state index is 0.0188. The van der Waals surface area contributed by atoms with Crippen LogP contribution in [0.4, 0.5) is 17.6 Å². The number of aryl methyl sites for hydroxylation is 1. The number of nitrogens with zero attached hydrogens (tertiary/aromatic N) is 3. The molecule has 4 N–H and O–H groups in total. The van der Waals surface area contributed by atoms with Gasteiger partial charge < -0.3 is 25.5 Å². The van der Waals surface area contributed by atoms with E-state index in [2.05, 4.69) is 15.3 Å². The van der Waals surface area contributed by atoms with Gasteiger partial charge in [-0.25, -0.2) is 14.4 Å². The van der Waals surface area contributed by atoms with Gasteiger partial charge in [-0.05, 0) is 55.5 Å². The van der Waals surface area contributed by atoms with E-state index in [1.165, 1.54) is 37.5 Å². The van der Waals surface area contributed by atoms with Crippen LogP contribution >= 0.6 is 0 Å². The Morgan fingerprint density at radius 1 is 1.18 bits per heavy atom. The second-order valence-electron chi connectivity index (χ2n) is 9.82. The predicted molar refractivity (Wildman–Crippen MR) is 135 cm³/mol. The van der Waals surface area contributed by atoms with Gasteiger partial charge in [0.2, 0.25) is 11.5 Å². The number of hydrogen-bond acceptors (Lipinski definition) is 6. The lowest BCUT2D eigenvalue weighted by molar-refractivity contribution is -0.265. The SMILES string of the molecule is Cn1cnc2ccc(C(=O)NC[C@](O)(c3cc4c(c(-c5ccc(F)cc5)n3)OC[C@]4(C)C(N)=O)C(F)(F)F)cc21. The number of halogens is 4. The van der Waals surface area contributed by atoms with Crippen LogP contribution in [0.15, 0.2) is 54.9 Å². The molecule has 1 aliphatic rings. The van der Waals surface area contributed by atoms with Gasteiger partial charge in [0.1, 0.15) is 29.3 Å². The topological polar surface area (TPSA) is 132 Å². The first-order valence-electron chi connectivity index (χ1n) is 12.0. The van der Waals surface area contributed by atoms with Crippen molar-refractivity contribution in [3.8, 4) is 17.0 Å². The van der Waals surface area contributed by atoms with Gasteiger partial charge >= 0.3 is 6.18 Å². The van der Waals surface area contributed by atoms with E-state index >= 15 is 0 Å². The highest BCUT2D eigenvalue weighted by Gasteiger charge is 2.57. The first kappa shape index (κ1) is 27.1. The van der Waals surface area contributed by atoms with Crippen molar-refractivity contribution in [2.24, 2.45) is 12.8 Å². The van der Waals surface area contributed by atoms with Crippen molar-refractivity contribution in [3.05, 3.63) is 77.5 Å². The van der Waals surface area contributed by atoms with Gasteiger partial charge in [0.25, 0.3) is 5.91 Å². The lowest BCUT2D eigenvalue weighted by atomic mass is 9.81. The molecule has 0 unspecified atom stereocenters. The molecule has 0 aliphatic carbocycles. The molecule has 0 fully saturated rings. The number of carbonyl (C=O) groups is 2. The quantitative estimate of drug-likeness (QED) is 0.312. The smallest absolute Gasteiger partial charge is 0.424 e. The van der Waals surface area contributed by atoms with Crippen molar-refractivity contribution >= 4 is 22.8 Å². The van der Waals surface area contributed by atoms with Gasteiger partial charge in [0.15, 0.2) is 0 Å². The van der Waals surface area contributed by atoms with Crippen molar-refractivity contribution < 1.29 is 37.0 Å². The maximum Gasteiger partial charge on any atom is 0.424 e. The molecule has 1 aliphatic heterocycles. The number of primary amides is 1. The van der Waals surface area contributed by atoms with Crippen LogP contribution < -0.4 is 15.8 Å². The Labute approximate surface area is 224 Å². The monoisotopic (exact) mass is 557 g/mol. The van der Waals surface area contributed by atoms with Crippen LogP contribution in [0.3, 0.4) is 0 Å². The Bertz CT molecular complexity index is 1650. The highest BCUT2D eigenvalue weighted by molar-refractivity contribution is 5.97. The third-order valence-corrected chi connectivity index (χ3v) is 7.12. The zero-order valence-corrected chi connectivity index (χ0v) is 21.2. The summed E-state index contributed by atoms with van der Waals surface area (Å²) < 4.78 is 64.5. The Balaban J connectivity index is 1.59. The van der Waals surface area contributed by atoms with Gasteiger partial charge in [-0.15, -0.1) is 0 Å². The number of hydrogen-bond donors (Lipinski definition) is 3. The van der Waals surface area contributed by atoms with Crippen LogP contribution in [0.2, 0.25) is 0 Å². The number of alkyl halides is 3. The van der Waals surface area contributed by atoms with Crippen molar-refractivity contribution in [1.29, 1.82) is 0 Å². The Kier molecular flexibility index (Phi) is 6.29. The zero-order valence-electron chi connectivity index (χ0n) is 21.2. The lowest BCUT2D eigenvalue weighted by Crippen LogP contribution is -2.51. The number of carbonyl (C=O) groups excluding carboxylic acids is 2. The van der Waals surface area contributed by atoms with Crippen LogP contribution in [-0.4, -0.2) is 50.8 Å². The molecular formula is C27H23F4N5O4. The molecule has 13 heteroatoms. The van der Waals surface area contributed by atoms with E-state index < -0.39 is 47.1 Å². The summed E-state index contributed by atoms with van der Waals surface area (Å²) in [4.78, 5) is 33.4. The van der Waals surface area contributed by atoms with Gasteiger partial charge in [-0.3, -0.25) is 9.59 Å². The summed E-state index contributed by atoms with van der Waals surface area (Å²) in [7, 11) is 1.70. The summed E-state index contributed by atoms with van der Waals surface area (Å²) in [5.41, 5.74) is 0.622. The predicted octanol–water partition coefficient (Wildman–Crippen LogP) is 3.09. The Morgan fingerprint density at radius 3 is 2.52 bits per heavy atom. The maximum atomic E-state index is 14.5. The molecule has 5 rings (SSSR count). The highest BCUT2D eigenvalue weighted by Crippen LogP contribution is 2.47. The lowest BCUT2D eigenvalue weighted by Gasteiger charge is -2.31. The number of imidazole rings is 1. The molecule has 40 heavy (non-hydrogen) atoms. The van der Waals surface area contributed by atoms with E-state index in [0.717, 1.165) is 18.2 Å². The average molecular weight is 558 g/mol. The number of ether oxygens (including phenoxy) is 1. The van der Waals surface area contributed by atoms with Crippen molar-refractivity contribution in [2.45, 2.75) is 24.1 Å². The zero-order chi connectivity index (χ0) is 29.0. The number of benzene rings is 2. The molecule has 0 spiro atoms. The number of aliphatic hydroxyl groups is 1. The average Bonchev–Trinajstić information content (AvgIpc) is 3.46. The number of amides is 2. The molecule has 0 radical (unpaired) electrons. The summed E-state index contributed by atoms with van der Waals surface area (Å²) in [6, 6.07) is 10.00. The van der Waals surface area contributed by atoms with E-state index in [9.17, 15) is 32.3 Å². The first-order valence-corrected chi connectivity index (χ1v) is 12.0. The minimum Gasteiger partial charge on any atom is -0.489 e. The molecule has 2 amide bonds. The molecule has 4 aromatic rings. The molecule has 9 nitrogen and oxygen atoms in total. The molecule has 2 aromatic carbocycles. The van der Waals surface area contributed by atoms with E-state index in [1.807, 2.05) is 0 Å². The summed E-state index contributed by atoms with van der Waals surface area (Å²) >= 11 is 0. The van der Waals surface area contributed by atoms with Crippen LogP contribution in [0.1, 0.15) is 28.5 Å². The second-order valence-corrected chi connectivity index (χ2v) is 9.82. The standard InChI is InChI=1S/C27H23F4N5O4/c1-25(24(32)38)12-40-22-17(25)10-20(35-21(22)14-3-6-16(28)7-4-14)26(39,27(29,30)31)11-33-23(37)15-5-8-18-19(9-15)36(2)13-34-18/h3-10,13,39H,11-12H2,1-2H3,(H2,32,38)(H,33,37)/t25-,26-/m0/s1. The second kappa shape index (κ2) is 9.30. The van der Waals surface area contributed by atoms with Crippen molar-refractivity contribution in [1.82, 2.24) is 19.9 Å². The number of nitrogens with one attached hydrogen (secondary N) is 1. The van der Waals surface area contributed by atoms with Gasteiger partial charge in [-0.2, -0.15) is 13.2 Å². The van der Waals surface area contributed by atoms with E-state index in [0.29, 0.717) is 11.0 Å². The van der Waals surface area contributed by atoms with Crippen molar-refractivity contribution in [2.75, 3.05) is 13.2 Å². The molecular weight excluding hydrogens is 534 g/mol. The first-order chi connectivity index (χ1) is 18.7. The van der Waals surface area contributed by atoms with Gasteiger partial charge in [-0.1, -0.05) is 0 Å². The highest BCUT2D eigenvalue weighted by atomic mass is 19.4. The number of rotatable bonds is 6. The fourth-order valence-corrected chi connectivity index (χ4v) is 4.52. The summed E-state index contributed by atoms with van der Waals surface area (Å²) in [5.74, 6) is -2.37. The Morgan fingerprint density at radius 2 is 1.88 bits per heavy atom. The Hall–Kier alpha value is -4.52. The summed E-state index contributed by atoms with van der Waals surface area (Å²) in [5, 5.41) is 13.3. The third kappa shape index (κ3) is 4.31. The van der Waals surface area contributed by atoms with Crippen LogP contribution in [0.5, 0.6) is 5.75 Å². The van der Waals surface area contributed by atoms with E-state index in [4.69, 9.17) is 10.5 Å². The molecule has 0 saturated heterocycles. The summed E-state index contributed by atoms with van der Waals surface area (Å²) in [6.07, 6.45) is -3.80. The number of pyridine rings is 1. The van der Waals surface area contributed by atoms with E-state index in [1.54, 1.807) is 17.7 Å².